The van der Waals surface area contributed by atoms with Crippen molar-refractivity contribution in [2.24, 2.45) is 5.73 Å². The lowest BCUT2D eigenvalue weighted by atomic mass is 10.00. The quantitative estimate of drug-likeness (QED) is 0.801. The first-order chi connectivity index (χ1) is 11.7. The van der Waals surface area contributed by atoms with Crippen LogP contribution in [0.5, 0.6) is 0 Å². The first-order valence-corrected chi connectivity index (χ1v) is 8.55. The molecule has 1 aromatic carbocycles. The summed E-state index contributed by atoms with van der Waals surface area (Å²) < 4.78 is 5.29. The number of nitrogens with two attached hydrogens (primary N) is 1. The van der Waals surface area contributed by atoms with E-state index in [-0.39, 0.29) is 5.56 Å². The Kier molecular flexibility index (Phi) is 5.58. The molecule has 0 bridgehead atoms. The average molecular weight is 360 g/mol. The number of esters is 1. The van der Waals surface area contributed by atoms with Crippen molar-refractivity contribution in [3.63, 3.8) is 0 Å². The number of primary amides is 1. The normalized spacial score (nSPS) is 11.7. The number of ether oxygens (including phenoxy) is 1. The lowest BCUT2D eigenvalue weighted by Gasteiger charge is -2.16. The molecular formula is C18H20N2O4S. The predicted molar refractivity (Wildman–Crippen MR) is 97.0 cm³/mol. The molecule has 0 aliphatic rings. The molecular weight excluding hydrogens is 340 g/mol. The van der Waals surface area contributed by atoms with Gasteiger partial charge in [-0.15, -0.1) is 11.3 Å². The second-order valence-electron chi connectivity index (χ2n) is 5.84. The average Bonchev–Trinajstić information content (AvgIpc) is 2.94. The van der Waals surface area contributed by atoms with Gasteiger partial charge in [-0.2, -0.15) is 0 Å². The molecule has 0 saturated carbocycles. The second-order valence-corrected chi connectivity index (χ2v) is 6.75. The van der Waals surface area contributed by atoms with Crippen molar-refractivity contribution in [3.8, 4) is 0 Å². The van der Waals surface area contributed by atoms with E-state index in [0.717, 1.165) is 16.7 Å². The molecule has 0 fully saturated rings. The van der Waals surface area contributed by atoms with Crippen molar-refractivity contribution in [3.05, 3.63) is 51.4 Å². The standard InChI is InChI=1S/C18H20N2O4S/c1-9-7-10(2)14(11(3)8-9)18(23)24-12(4)16(22)20-17-13(15(19)21)5-6-25-17/h5-8,12H,1-4H3,(H2,19,21)(H,20,22). The van der Waals surface area contributed by atoms with Crippen LogP contribution in [-0.4, -0.2) is 23.9 Å². The van der Waals surface area contributed by atoms with Gasteiger partial charge in [0.15, 0.2) is 6.10 Å². The van der Waals surface area contributed by atoms with Crippen molar-refractivity contribution in [1.29, 1.82) is 0 Å². The van der Waals surface area contributed by atoms with Gasteiger partial charge in [0.05, 0.1) is 11.1 Å². The molecule has 0 aliphatic carbocycles. The molecule has 0 saturated heterocycles. The van der Waals surface area contributed by atoms with Crippen LogP contribution in [0.15, 0.2) is 23.6 Å². The maximum Gasteiger partial charge on any atom is 0.339 e. The van der Waals surface area contributed by atoms with E-state index in [0.29, 0.717) is 10.6 Å². The molecule has 0 radical (unpaired) electrons. The Morgan fingerprint density at radius 1 is 1.16 bits per heavy atom. The summed E-state index contributed by atoms with van der Waals surface area (Å²) in [5, 5.41) is 4.55. The van der Waals surface area contributed by atoms with Gasteiger partial charge in [-0.1, -0.05) is 17.7 Å². The minimum absolute atomic E-state index is 0.224. The van der Waals surface area contributed by atoms with Crippen LogP contribution in [0.4, 0.5) is 5.00 Å². The summed E-state index contributed by atoms with van der Waals surface area (Å²) in [7, 11) is 0. The zero-order valence-corrected chi connectivity index (χ0v) is 15.3. The Labute approximate surface area is 150 Å². The van der Waals surface area contributed by atoms with E-state index in [9.17, 15) is 14.4 Å². The third-order valence-corrected chi connectivity index (χ3v) is 4.53. The Hall–Kier alpha value is -2.67. The number of rotatable bonds is 5. The van der Waals surface area contributed by atoms with Gasteiger partial charge in [-0.3, -0.25) is 9.59 Å². The number of carbonyl (C=O) groups excluding carboxylic acids is 3. The number of anilines is 1. The van der Waals surface area contributed by atoms with Crippen LogP contribution in [0.2, 0.25) is 0 Å². The molecule has 1 unspecified atom stereocenters. The van der Waals surface area contributed by atoms with Gasteiger partial charge in [0.25, 0.3) is 11.8 Å². The molecule has 2 amide bonds. The smallest absolute Gasteiger partial charge is 0.339 e. The van der Waals surface area contributed by atoms with Gasteiger partial charge in [-0.05, 0) is 50.3 Å². The monoisotopic (exact) mass is 360 g/mol. The van der Waals surface area contributed by atoms with Crippen LogP contribution in [0, 0.1) is 20.8 Å². The fraction of sp³-hybridized carbons (Fsp3) is 0.278. The van der Waals surface area contributed by atoms with Crippen molar-refractivity contribution < 1.29 is 19.1 Å². The Morgan fingerprint density at radius 3 is 2.32 bits per heavy atom. The summed E-state index contributed by atoms with van der Waals surface area (Å²) in [6, 6.07) is 5.30. The van der Waals surface area contributed by atoms with E-state index in [1.165, 1.54) is 24.3 Å². The summed E-state index contributed by atoms with van der Waals surface area (Å²) in [5.41, 5.74) is 8.57. The zero-order chi connectivity index (χ0) is 18.7. The number of hydrogen-bond acceptors (Lipinski definition) is 5. The molecule has 25 heavy (non-hydrogen) atoms. The highest BCUT2D eigenvalue weighted by atomic mass is 32.1. The highest BCUT2D eigenvalue weighted by Gasteiger charge is 2.23. The topological polar surface area (TPSA) is 98.5 Å². The molecule has 0 spiro atoms. The summed E-state index contributed by atoms with van der Waals surface area (Å²) in [5.74, 6) is -1.72. The number of benzene rings is 1. The molecule has 7 heteroatoms. The molecule has 6 nitrogen and oxygen atoms in total. The molecule has 1 heterocycles. The third-order valence-electron chi connectivity index (χ3n) is 3.70. The Bertz CT molecular complexity index is 818. The largest absolute Gasteiger partial charge is 0.449 e. The van der Waals surface area contributed by atoms with Crippen molar-refractivity contribution in [2.45, 2.75) is 33.8 Å². The summed E-state index contributed by atoms with van der Waals surface area (Å²) in [6.45, 7) is 7.07. The first-order valence-electron chi connectivity index (χ1n) is 7.67. The Balaban J connectivity index is 2.10. The number of nitrogens with one attached hydrogen (secondary N) is 1. The minimum Gasteiger partial charge on any atom is -0.449 e. The van der Waals surface area contributed by atoms with Gasteiger partial charge >= 0.3 is 5.97 Å². The van der Waals surface area contributed by atoms with Crippen LogP contribution in [0.25, 0.3) is 0 Å². The van der Waals surface area contributed by atoms with Gasteiger partial charge in [0.1, 0.15) is 5.00 Å². The number of thiophene rings is 1. The van der Waals surface area contributed by atoms with Gasteiger partial charge in [0.2, 0.25) is 0 Å². The SMILES string of the molecule is Cc1cc(C)c(C(=O)OC(C)C(=O)Nc2sccc2C(N)=O)c(C)c1. The molecule has 1 atom stereocenters. The molecule has 2 rings (SSSR count). The number of carbonyl (C=O) groups is 3. The Morgan fingerprint density at radius 2 is 1.76 bits per heavy atom. The van der Waals surface area contributed by atoms with E-state index in [4.69, 9.17) is 10.5 Å². The van der Waals surface area contributed by atoms with Crippen molar-refractivity contribution >= 4 is 34.1 Å². The van der Waals surface area contributed by atoms with Crippen LogP contribution in [-0.2, 0) is 9.53 Å². The lowest BCUT2D eigenvalue weighted by molar-refractivity contribution is -0.123. The van der Waals surface area contributed by atoms with Crippen molar-refractivity contribution in [2.75, 3.05) is 5.32 Å². The van der Waals surface area contributed by atoms with Crippen LogP contribution in [0.1, 0.15) is 44.3 Å². The maximum atomic E-state index is 12.4. The minimum atomic E-state index is -1.02. The molecule has 3 N–H and O–H groups in total. The van der Waals surface area contributed by atoms with Crippen molar-refractivity contribution in [1.82, 2.24) is 0 Å². The van der Waals surface area contributed by atoms with Gasteiger partial charge < -0.3 is 15.8 Å². The molecule has 0 aliphatic heterocycles. The maximum absolute atomic E-state index is 12.4. The number of amides is 2. The first kappa shape index (κ1) is 18.7. The summed E-state index contributed by atoms with van der Waals surface area (Å²) in [4.78, 5) is 36.0. The van der Waals surface area contributed by atoms with Gasteiger partial charge in [-0.25, -0.2) is 4.79 Å². The number of hydrogen-bond donors (Lipinski definition) is 2. The third kappa shape index (κ3) is 4.24. The fourth-order valence-corrected chi connectivity index (χ4v) is 3.38. The molecule has 2 aromatic rings. The van der Waals surface area contributed by atoms with Crippen LogP contribution >= 0.6 is 11.3 Å². The van der Waals surface area contributed by atoms with Crippen LogP contribution < -0.4 is 11.1 Å². The molecule has 132 valence electrons. The lowest BCUT2D eigenvalue weighted by Crippen LogP contribution is -2.30. The predicted octanol–water partition coefficient (Wildman–Crippen LogP) is 2.96. The number of aryl methyl sites for hydroxylation is 3. The van der Waals surface area contributed by atoms with Crippen LogP contribution in [0.3, 0.4) is 0 Å². The highest BCUT2D eigenvalue weighted by molar-refractivity contribution is 7.14. The fourth-order valence-electron chi connectivity index (χ4n) is 2.59. The van der Waals surface area contributed by atoms with E-state index in [1.54, 1.807) is 5.38 Å². The van der Waals surface area contributed by atoms with E-state index in [1.807, 2.05) is 32.9 Å². The van der Waals surface area contributed by atoms with Gasteiger partial charge in [0, 0.05) is 0 Å². The molecule has 1 aromatic heterocycles. The van der Waals surface area contributed by atoms with E-state index >= 15 is 0 Å². The second kappa shape index (κ2) is 7.48. The summed E-state index contributed by atoms with van der Waals surface area (Å²) in [6.07, 6.45) is -1.02. The zero-order valence-electron chi connectivity index (χ0n) is 14.5. The van der Waals surface area contributed by atoms with E-state index in [2.05, 4.69) is 5.32 Å². The summed E-state index contributed by atoms with van der Waals surface area (Å²) >= 11 is 1.17. The highest BCUT2D eigenvalue weighted by Crippen LogP contribution is 2.23. The van der Waals surface area contributed by atoms with E-state index < -0.39 is 23.9 Å².